The monoisotopic (exact) mass is 730 g/mol. The number of hydrogen-bond donors (Lipinski definition) is 6. The standard InChI is InChI=1S/C28H34N12O8S2/c1-28(2)23(22-26(46-22)40(28)48-50(42,43)44)34-25(41)21(18-13-49-27(29)33-18)37-47-19(24-35-38-39-36-24)12-45-16-4-5-17-14(11-16)3-6-20(32-17)31-15-7-9-30-10-8-15/h3-6,11,13,15,19,22-23,26,30H,7-10,12H2,1-2H3,(H2,29,33)(H,31,32)(H,34,41)(H,42,43,44)(H,35,36,38,39)/b37-21-/t19-,22?,23+,26?/m0/s1. The first-order chi connectivity index (χ1) is 23.9. The maximum atomic E-state index is 13.7. The molecule has 50 heavy (non-hydrogen) atoms. The minimum Gasteiger partial charge on any atom is -0.489 e. The molecule has 3 aromatic heterocycles. The lowest BCUT2D eigenvalue weighted by molar-refractivity contribution is -0.166. The zero-order valence-electron chi connectivity index (χ0n) is 26.7. The molecule has 3 aliphatic heterocycles. The van der Waals surface area contributed by atoms with Crippen LogP contribution in [0.4, 0.5) is 10.9 Å². The van der Waals surface area contributed by atoms with Crippen molar-refractivity contribution >= 4 is 55.2 Å². The first kappa shape index (κ1) is 33.9. The number of aromatic amines is 1. The zero-order chi connectivity index (χ0) is 35.0. The van der Waals surface area contributed by atoms with E-state index in [0.717, 1.165) is 59.1 Å². The summed E-state index contributed by atoms with van der Waals surface area (Å²) in [4.78, 5) is 28.5. The van der Waals surface area contributed by atoms with E-state index in [9.17, 15) is 17.8 Å². The molecule has 0 spiro atoms. The lowest BCUT2D eigenvalue weighted by Crippen LogP contribution is -2.57. The van der Waals surface area contributed by atoms with Crippen molar-refractivity contribution < 1.29 is 36.4 Å². The molecule has 0 saturated carbocycles. The fourth-order valence-corrected chi connectivity index (χ4v) is 6.95. The maximum Gasteiger partial charge on any atom is 0.413 e. The molecule has 20 nitrogen and oxygen atoms in total. The number of carbonyl (C=O) groups excluding carboxylic acids is 1. The van der Waals surface area contributed by atoms with Gasteiger partial charge in [-0.3, -0.25) is 9.35 Å². The number of hydroxylamine groups is 2. The molecule has 7 N–H and O–H groups in total. The van der Waals surface area contributed by atoms with Crippen molar-refractivity contribution in [1.82, 2.24) is 46.3 Å². The van der Waals surface area contributed by atoms with Crippen LogP contribution in [0.3, 0.4) is 0 Å². The van der Waals surface area contributed by atoms with E-state index in [-0.39, 0.29) is 29.0 Å². The predicted molar refractivity (Wildman–Crippen MR) is 177 cm³/mol. The second-order valence-electron chi connectivity index (χ2n) is 12.3. The van der Waals surface area contributed by atoms with Gasteiger partial charge in [-0.1, -0.05) is 10.4 Å². The fourth-order valence-electron chi connectivity index (χ4n) is 5.92. The number of rotatable bonds is 13. The second kappa shape index (κ2) is 13.6. The Morgan fingerprint density at radius 1 is 1.26 bits per heavy atom. The number of oxime groups is 1. The quantitative estimate of drug-likeness (QED) is 0.0474. The van der Waals surface area contributed by atoms with Crippen LogP contribution in [0.1, 0.15) is 44.3 Å². The predicted octanol–water partition coefficient (Wildman–Crippen LogP) is 0.530. The molecule has 4 aromatic rings. The number of aromatic nitrogens is 6. The summed E-state index contributed by atoms with van der Waals surface area (Å²) >= 11 is 1.08. The zero-order valence-corrected chi connectivity index (χ0v) is 28.3. The molecule has 0 bridgehead atoms. The Morgan fingerprint density at radius 2 is 2.08 bits per heavy atom. The van der Waals surface area contributed by atoms with E-state index in [2.05, 4.69) is 46.7 Å². The highest BCUT2D eigenvalue weighted by Gasteiger charge is 2.67. The van der Waals surface area contributed by atoms with Crippen molar-refractivity contribution in [3.05, 3.63) is 47.2 Å². The van der Waals surface area contributed by atoms with Crippen LogP contribution in [-0.4, -0.2) is 110 Å². The number of epoxide rings is 1. The van der Waals surface area contributed by atoms with Gasteiger partial charge < -0.3 is 36.0 Å². The van der Waals surface area contributed by atoms with Crippen molar-refractivity contribution in [2.45, 2.75) is 62.7 Å². The van der Waals surface area contributed by atoms with Crippen LogP contribution in [0.2, 0.25) is 0 Å². The molecule has 0 radical (unpaired) electrons. The summed E-state index contributed by atoms with van der Waals surface area (Å²) in [5.41, 5.74) is 5.39. The van der Waals surface area contributed by atoms with Crippen LogP contribution >= 0.6 is 11.3 Å². The van der Waals surface area contributed by atoms with Gasteiger partial charge >= 0.3 is 10.4 Å². The molecule has 0 aliphatic carbocycles. The van der Waals surface area contributed by atoms with E-state index >= 15 is 0 Å². The van der Waals surface area contributed by atoms with Gasteiger partial charge in [0.25, 0.3) is 5.91 Å². The molecule has 1 aromatic carbocycles. The number of anilines is 2. The lowest BCUT2D eigenvalue weighted by Gasteiger charge is -2.35. The number of carbonyl (C=O) groups is 1. The number of fused-ring (bicyclic) bond motifs is 2. The third-order valence-corrected chi connectivity index (χ3v) is 9.53. The molecule has 1 amide bonds. The number of pyridine rings is 1. The maximum absolute atomic E-state index is 13.7. The van der Waals surface area contributed by atoms with Gasteiger partial charge in [0.2, 0.25) is 11.9 Å². The van der Waals surface area contributed by atoms with Crippen molar-refractivity contribution in [2.24, 2.45) is 5.16 Å². The average molecular weight is 731 g/mol. The van der Waals surface area contributed by atoms with Crippen LogP contribution in [0.5, 0.6) is 5.75 Å². The Kier molecular flexibility index (Phi) is 9.23. The Labute approximate surface area is 289 Å². The van der Waals surface area contributed by atoms with Crippen LogP contribution in [0, 0.1) is 0 Å². The van der Waals surface area contributed by atoms with E-state index in [1.165, 1.54) is 5.38 Å². The Bertz CT molecular complexity index is 1990. The van der Waals surface area contributed by atoms with Gasteiger partial charge in [0, 0.05) is 16.8 Å². The molecule has 3 fully saturated rings. The smallest absolute Gasteiger partial charge is 0.413 e. The van der Waals surface area contributed by atoms with E-state index < -0.39 is 46.3 Å². The van der Waals surface area contributed by atoms with Gasteiger partial charge in [0.05, 0.1) is 17.1 Å². The van der Waals surface area contributed by atoms with Crippen molar-refractivity contribution in [3.63, 3.8) is 0 Å². The van der Waals surface area contributed by atoms with E-state index in [1.807, 2.05) is 24.3 Å². The minimum absolute atomic E-state index is 0.103. The van der Waals surface area contributed by atoms with Crippen molar-refractivity contribution in [1.29, 1.82) is 0 Å². The number of hydrogen-bond acceptors (Lipinski definition) is 18. The molecular formula is C28H34N12O8S2. The highest BCUT2D eigenvalue weighted by molar-refractivity contribution is 7.80. The first-order valence-corrected chi connectivity index (χ1v) is 17.8. The van der Waals surface area contributed by atoms with Gasteiger partial charge in [-0.05, 0) is 70.1 Å². The number of thiazole rings is 1. The topological polar surface area (TPSA) is 270 Å². The molecule has 3 aliphatic rings. The molecule has 4 atom stereocenters. The summed E-state index contributed by atoms with van der Waals surface area (Å²) in [7, 11) is -4.85. The summed E-state index contributed by atoms with van der Waals surface area (Å²) in [6.07, 6.45) is -0.407. The van der Waals surface area contributed by atoms with E-state index in [0.29, 0.717) is 11.8 Å². The van der Waals surface area contributed by atoms with Crippen LogP contribution in [0.15, 0.2) is 40.9 Å². The highest BCUT2D eigenvalue weighted by Crippen LogP contribution is 2.46. The Balaban J connectivity index is 1.06. The molecule has 266 valence electrons. The van der Waals surface area contributed by atoms with Gasteiger partial charge in [-0.2, -0.15) is 17.9 Å². The number of ether oxygens (including phenoxy) is 2. The molecule has 22 heteroatoms. The van der Waals surface area contributed by atoms with Crippen molar-refractivity contribution in [3.8, 4) is 5.75 Å². The summed E-state index contributed by atoms with van der Waals surface area (Å²) in [6.45, 7) is 5.06. The van der Waals surface area contributed by atoms with Crippen LogP contribution < -0.4 is 26.4 Å². The Hall–Kier alpha value is -4.58. The van der Waals surface area contributed by atoms with Crippen LogP contribution in [-0.2, 0) is 29.1 Å². The number of piperidine rings is 1. The molecular weight excluding hydrogens is 697 g/mol. The van der Waals surface area contributed by atoms with Gasteiger partial charge in [-0.25, -0.2) is 9.97 Å². The number of amides is 1. The number of tetrazole rings is 1. The summed E-state index contributed by atoms with van der Waals surface area (Å²) in [6, 6.07) is 8.97. The summed E-state index contributed by atoms with van der Waals surface area (Å²) < 4.78 is 48.4. The third kappa shape index (κ3) is 7.45. The molecule has 2 unspecified atom stereocenters. The molecule has 3 saturated heterocycles. The van der Waals surface area contributed by atoms with Gasteiger partial charge in [0.15, 0.2) is 17.1 Å². The summed E-state index contributed by atoms with van der Waals surface area (Å²) in [5, 5.41) is 31.3. The normalized spacial score (nSPS) is 22.9. The van der Waals surface area contributed by atoms with E-state index in [4.69, 9.17) is 29.3 Å². The lowest BCUT2D eigenvalue weighted by atomic mass is 9.95. The number of H-pyrrole nitrogens is 1. The number of nitrogens with zero attached hydrogens (tertiary/aromatic N) is 7. The Morgan fingerprint density at radius 3 is 2.80 bits per heavy atom. The SMILES string of the molecule is CC1(C)[C@H](NC(=O)/C(=N\O[C@@H](COc2ccc3nc(NC4CCNCC4)ccc3c2)c2nn[nH]n2)c2csc(N)n2)C2OC2N1OS(=O)(=O)O. The average Bonchev–Trinajstić information content (AvgIpc) is 3.34. The van der Waals surface area contributed by atoms with Crippen LogP contribution in [0.25, 0.3) is 10.9 Å². The third-order valence-electron chi connectivity index (χ3n) is 8.50. The number of nitrogen functional groups attached to an aromatic ring is 1. The van der Waals surface area contributed by atoms with E-state index in [1.54, 1.807) is 19.9 Å². The minimum atomic E-state index is -4.85. The first-order valence-electron chi connectivity index (χ1n) is 15.6. The molecule has 6 heterocycles. The van der Waals surface area contributed by atoms with Gasteiger partial charge in [0.1, 0.15) is 30.0 Å². The second-order valence-corrected chi connectivity index (χ2v) is 14.2. The van der Waals surface area contributed by atoms with Gasteiger partial charge in [-0.15, -0.1) is 26.6 Å². The highest BCUT2D eigenvalue weighted by atomic mass is 32.3. The summed E-state index contributed by atoms with van der Waals surface area (Å²) in [5.74, 6) is 0.698. The van der Waals surface area contributed by atoms with Crippen molar-refractivity contribution in [2.75, 3.05) is 30.7 Å². The largest absolute Gasteiger partial charge is 0.489 e. The fraction of sp³-hybridized carbons (Fsp3) is 0.464. The molecule has 7 rings (SSSR count). The number of nitrogens with two attached hydrogens (primary N) is 1. The number of benzene rings is 1. The number of nitrogens with one attached hydrogen (secondary N) is 4.